The molecule has 0 aromatic carbocycles. The lowest BCUT2D eigenvalue weighted by Gasteiger charge is -2.28. The molecule has 0 bridgehead atoms. The van der Waals surface area contributed by atoms with Crippen LogP contribution in [0.1, 0.15) is 33.6 Å². The number of aliphatic carboxylic acids is 1. The highest BCUT2D eigenvalue weighted by molar-refractivity contribution is 5.75. The molecule has 0 aromatic rings. The smallest absolute Gasteiger partial charge is 0.317 e. The maximum atomic E-state index is 12.0. The molecule has 0 aromatic heterocycles. The van der Waals surface area contributed by atoms with Crippen LogP contribution in [-0.2, 0) is 9.53 Å². The van der Waals surface area contributed by atoms with Gasteiger partial charge in [0, 0.05) is 32.2 Å². The van der Waals surface area contributed by atoms with E-state index in [1.807, 2.05) is 13.8 Å². The van der Waals surface area contributed by atoms with E-state index in [1.165, 1.54) is 0 Å². The minimum Gasteiger partial charge on any atom is -0.481 e. The number of hydrogen-bond donors (Lipinski definition) is 2. The van der Waals surface area contributed by atoms with Gasteiger partial charge in [0.15, 0.2) is 0 Å². The number of urea groups is 1. The van der Waals surface area contributed by atoms with Gasteiger partial charge in [0.05, 0.1) is 6.61 Å². The van der Waals surface area contributed by atoms with Gasteiger partial charge in [-0.25, -0.2) is 4.79 Å². The maximum absolute atomic E-state index is 12.0. The molecule has 106 valence electrons. The Labute approximate surface area is 108 Å². The number of nitrogens with zero attached hydrogens (tertiary/aromatic N) is 1. The standard InChI is InChI=1S/C12H24N2O4/c1-9(2)14(7-8-18-4)12(17)13-10(3)5-6-11(15)16/h9-10H,5-8H2,1-4H3,(H,13,17)(H,15,16). The van der Waals surface area contributed by atoms with E-state index in [1.54, 1.807) is 18.9 Å². The molecule has 18 heavy (non-hydrogen) atoms. The lowest BCUT2D eigenvalue weighted by atomic mass is 10.2. The molecule has 0 heterocycles. The van der Waals surface area contributed by atoms with Crippen molar-refractivity contribution in [1.29, 1.82) is 0 Å². The van der Waals surface area contributed by atoms with Gasteiger partial charge in [0.25, 0.3) is 0 Å². The molecular formula is C12H24N2O4. The second kappa shape index (κ2) is 8.74. The number of carboxylic acids is 1. The van der Waals surface area contributed by atoms with E-state index in [9.17, 15) is 9.59 Å². The zero-order valence-corrected chi connectivity index (χ0v) is 11.6. The average Bonchev–Trinajstić information content (AvgIpc) is 2.26. The number of carbonyl (C=O) groups excluding carboxylic acids is 1. The van der Waals surface area contributed by atoms with Crippen molar-refractivity contribution in [2.45, 2.75) is 45.7 Å². The Morgan fingerprint density at radius 1 is 1.33 bits per heavy atom. The first kappa shape index (κ1) is 16.7. The number of rotatable bonds is 8. The van der Waals surface area contributed by atoms with Gasteiger partial charge in [0.2, 0.25) is 0 Å². The van der Waals surface area contributed by atoms with E-state index in [2.05, 4.69) is 5.32 Å². The van der Waals surface area contributed by atoms with E-state index in [4.69, 9.17) is 9.84 Å². The van der Waals surface area contributed by atoms with Crippen LogP contribution in [0.5, 0.6) is 0 Å². The molecule has 2 amide bonds. The van der Waals surface area contributed by atoms with Crippen LogP contribution in [0.4, 0.5) is 4.79 Å². The molecule has 0 aliphatic carbocycles. The molecule has 0 saturated carbocycles. The quantitative estimate of drug-likeness (QED) is 0.689. The summed E-state index contributed by atoms with van der Waals surface area (Å²) in [7, 11) is 1.59. The number of carboxylic acid groups (broad SMARTS) is 1. The van der Waals surface area contributed by atoms with Crippen LogP contribution in [0.2, 0.25) is 0 Å². The Morgan fingerprint density at radius 3 is 2.39 bits per heavy atom. The lowest BCUT2D eigenvalue weighted by molar-refractivity contribution is -0.137. The second-order valence-electron chi connectivity index (χ2n) is 4.56. The molecule has 0 aliphatic heterocycles. The Balaban J connectivity index is 4.19. The van der Waals surface area contributed by atoms with Crippen molar-refractivity contribution in [1.82, 2.24) is 10.2 Å². The largest absolute Gasteiger partial charge is 0.481 e. The van der Waals surface area contributed by atoms with Crippen LogP contribution >= 0.6 is 0 Å². The highest BCUT2D eigenvalue weighted by atomic mass is 16.5. The van der Waals surface area contributed by atoms with Crippen molar-refractivity contribution in [3.05, 3.63) is 0 Å². The van der Waals surface area contributed by atoms with Crippen LogP contribution < -0.4 is 5.32 Å². The number of amides is 2. The fraction of sp³-hybridized carbons (Fsp3) is 0.833. The first-order valence-corrected chi connectivity index (χ1v) is 6.16. The third-order valence-corrected chi connectivity index (χ3v) is 2.58. The summed E-state index contributed by atoms with van der Waals surface area (Å²) in [5.74, 6) is -0.851. The van der Waals surface area contributed by atoms with Crippen molar-refractivity contribution in [2.75, 3.05) is 20.3 Å². The Bertz CT molecular complexity index is 269. The SMILES string of the molecule is COCCN(C(=O)NC(C)CCC(=O)O)C(C)C. The summed E-state index contributed by atoms with van der Waals surface area (Å²) in [5.41, 5.74) is 0. The van der Waals surface area contributed by atoms with Gasteiger partial charge in [-0.1, -0.05) is 0 Å². The van der Waals surface area contributed by atoms with Gasteiger partial charge in [-0.15, -0.1) is 0 Å². The summed E-state index contributed by atoms with van der Waals surface area (Å²) in [6, 6.07) is -0.260. The van der Waals surface area contributed by atoms with Crippen molar-refractivity contribution >= 4 is 12.0 Å². The topological polar surface area (TPSA) is 78.9 Å². The van der Waals surface area contributed by atoms with Gasteiger partial charge in [-0.05, 0) is 27.2 Å². The summed E-state index contributed by atoms with van der Waals surface area (Å²) in [4.78, 5) is 24.1. The second-order valence-corrected chi connectivity index (χ2v) is 4.56. The number of nitrogens with one attached hydrogen (secondary N) is 1. The van der Waals surface area contributed by atoms with Crippen LogP contribution in [0, 0.1) is 0 Å². The fourth-order valence-electron chi connectivity index (χ4n) is 1.49. The van der Waals surface area contributed by atoms with Gasteiger partial charge >= 0.3 is 12.0 Å². The zero-order valence-electron chi connectivity index (χ0n) is 11.6. The molecule has 0 aliphatic rings. The van der Waals surface area contributed by atoms with Crippen molar-refractivity contribution in [2.24, 2.45) is 0 Å². The predicted molar refractivity (Wildman–Crippen MR) is 68.6 cm³/mol. The number of hydrogen-bond acceptors (Lipinski definition) is 3. The van der Waals surface area contributed by atoms with Crippen molar-refractivity contribution in [3.63, 3.8) is 0 Å². The monoisotopic (exact) mass is 260 g/mol. The summed E-state index contributed by atoms with van der Waals surface area (Å²) in [5, 5.41) is 11.4. The Morgan fingerprint density at radius 2 is 1.94 bits per heavy atom. The van der Waals surface area contributed by atoms with Crippen molar-refractivity contribution < 1.29 is 19.4 Å². The van der Waals surface area contributed by atoms with E-state index in [0.717, 1.165) is 0 Å². The van der Waals surface area contributed by atoms with E-state index in [0.29, 0.717) is 19.6 Å². The van der Waals surface area contributed by atoms with Gasteiger partial charge in [-0.3, -0.25) is 4.79 Å². The molecular weight excluding hydrogens is 236 g/mol. The van der Waals surface area contributed by atoms with Crippen LogP contribution in [0.25, 0.3) is 0 Å². The fourth-order valence-corrected chi connectivity index (χ4v) is 1.49. The minimum atomic E-state index is -0.851. The lowest BCUT2D eigenvalue weighted by Crippen LogP contribution is -2.48. The minimum absolute atomic E-state index is 0.0567. The van der Waals surface area contributed by atoms with E-state index >= 15 is 0 Å². The molecule has 6 nitrogen and oxygen atoms in total. The molecule has 1 atom stereocenters. The first-order chi connectivity index (χ1) is 8.38. The number of carbonyl (C=O) groups is 2. The van der Waals surface area contributed by atoms with Crippen LogP contribution in [-0.4, -0.2) is 54.4 Å². The van der Waals surface area contributed by atoms with Crippen LogP contribution in [0.15, 0.2) is 0 Å². The summed E-state index contributed by atoms with van der Waals surface area (Å²) in [6.07, 6.45) is 0.485. The molecule has 0 saturated heterocycles. The molecule has 6 heteroatoms. The Kier molecular flexibility index (Phi) is 8.11. The predicted octanol–water partition coefficient (Wildman–Crippen LogP) is 1.31. The van der Waals surface area contributed by atoms with Gasteiger partial charge in [-0.2, -0.15) is 0 Å². The van der Waals surface area contributed by atoms with E-state index < -0.39 is 5.97 Å². The first-order valence-electron chi connectivity index (χ1n) is 6.16. The van der Waals surface area contributed by atoms with Gasteiger partial charge < -0.3 is 20.1 Å². The number of methoxy groups -OCH3 is 1. The number of ether oxygens (including phenoxy) is 1. The molecule has 1 unspecified atom stereocenters. The third-order valence-electron chi connectivity index (χ3n) is 2.58. The van der Waals surface area contributed by atoms with Crippen LogP contribution in [0.3, 0.4) is 0 Å². The molecule has 0 fully saturated rings. The highest BCUT2D eigenvalue weighted by Gasteiger charge is 2.18. The van der Waals surface area contributed by atoms with E-state index in [-0.39, 0.29) is 24.5 Å². The molecule has 0 rings (SSSR count). The highest BCUT2D eigenvalue weighted by Crippen LogP contribution is 2.02. The van der Waals surface area contributed by atoms with Crippen molar-refractivity contribution in [3.8, 4) is 0 Å². The molecule has 0 radical (unpaired) electrons. The summed E-state index contributed by atoms with van der Waals surface area (Å²) >= 11 is 0. The van der Waals surface area contributed by atoms with Gasteiger partial charge in [0.1, 0.15) is 0 Å². The zero-order chi connectivity index (χ0) is 14.1. The Hall–Kier alpha value is -1.30. The maximum Gasteiger partial charge on any atom is 0.317 e. The average molecular weight is 260 g/mol. The normalized spacial score (nSPS) is 12.3. The summed E-state index contributed by atoms with van der Waals surface area (Å²) in [6.45, 7) is 6.66. The molecule has 2 N–H and O–H groups in total. The third kappa shape index (κ3) is 7.11. The molecule has 0 spiro atoms. The summed E-state index contributed by atoms with van der Waals surface area (Å²) < 4.78 is 4.96.